The Bertz CT molecular complexity index is 150. The second kappa shape index (κ2) is 4.43. The third-order valence-corrected chi connectivity index (χ3v) is 3.70. The highest BCUT2D eigenvalue weighted by molar-refractivity contribution is 4.94. The molecular formula is C11H26N2. The zero-order chi connectivity index (χ0) is 10.7. The minimum absolute atomic E-state index is 0.227. The van der Waals surface area contributed by atoms with Crippen molar-refractivity contribution in [1.82, 2.24) is 10.2 Å². The Morgan fingerprint density at radius 1 is 1.15 bits per heavy atom. The van der Waals surface area contributed by atoms with Crippen LogP contribution in [0.1, 0.15) is 34.6 Å². The van der Waals surface area contributed by atoms with E-state index in [1.165, 1.54) is 0 Å². The Hall–Kier alpha value is -0.0800. The van der Waals surface area contributed by atoms with Crippen LogP contribution in [0.25, 0.3) is 0 Å². The van der Waals surface area contributed by atoms with Crippen LogP contribution in [0.4, 0.5) is 0 Å². The van der Waals surface area contributed by atoms with Crippen molar-refractivity contribution in [2.24, 2.45) is 5.41 Å². The molecule has 0 aromatic heterocycles. The molecule has 0 aliphatic heterocycles. The van der Waals surface area contributed by atoms with Gasteiger partial charge in [-0.1, -0.05) is 20.8 Å². The summed E-state index contributed by atoms with van der Waals surface area (Å²) in [4.78, 5) is 2.41. The molecule has 0 aliphatic carbocycles. The Morgan fingerprint density at radius 3 is 1.92 bits per heavy atom. The van der Waals surface area contributed by atoms with Crippen LogP contribution in [-0.2, 0) is 0 Å². The SMILES string of the molecule is CCN(C)C(C)(C)C(C)(C)CNC. The summed E-state index contributed by atoms with van der Waals surface area (Å²) >= 11 is 0. The average Bonchev–Trinajstić information content (AvgIpc) is 2.02. The first-order valence-corrected chi connectivity index (χ1v) is 5.15. The normalized spacial score (nSPS) is 13.8. The molecule has 1 N–H and O–H groups in total. The van der Waals surface area contributed by atoms with Crippen molar-refractivity contribution in [2.75, 3.05) is 27.2 Å². The van der Waals surface area contributed by atoms with Crippen LogP contribution in [0.15, 0.2) is 0 Å². The van der Waals surface area contributed by atoms with Gasteiger partial charge in [0.25, 0.3) is 0 Å². The van der Waals surface area contributed by atoms with E-state index in [0.717, 1.165) is 13.1 Å². The first-order valence-electron chi connectivity index (χ1n) is 5.15. The smallest absolute Gasteiger partial charge is 0.0213 e. The van der Waals surface area contributed by atoms with E-state index in [4.69, 9.17) is 0 Å². The van der Waals surface area contributed by atoms with Gasteiger partial charge in [-0.05, 0) is 39.9 Å². The molecule has 80 valence electrons. The maximum absolute atomic E-state index is 3.27. The zero-order valence-corrected chi connectivity index (χ0v) is 10.4. The van der Waals surface area contributed by atoms with E-state index in [0.29, 0.717) is 0 Å². The van der Waals surface area contributed by atoms with Gasteiger partial charge in [0.2, 0.25) is 0 Å². The van der Waals surface area contributed by atoms with Gasteiger partial charge in [0.15, 0.2) is 0 Å². The van der Waals surface area contributed by atoms with Crippen LogP contribution in [0.5, 0.6) is 0 Å². The van der Waals surface area contributed by atoms with Crippen molar-refractivity contribution in [1.29, 1.82) is 0 Å². The number of hydrogen-bond donors (Lipinski definition) is 1. The van der Waals surface area contributed by atoms with Crippen molar-refractivity contribution in [3.8, 4) is 0 Å². The van der Waals surface area contributed by atoms with Crippen molar-refractivity contribution < 1.29 is 0 Å². The van der Waals surface area contributed by atoms with Crippen LogP contribution < -0.4 is 5.32 Å². The highest BCUT2D eigenvalue weighted by Crippen LogP contribution is 2.33. The van der Waals surface area contributed by atoms with Gasteiger partial charge < -0.3 is 10.2 Å². The van der Waals surface area contributed by atoms with Gasteiger partial charge in [-0.15, -0.1) is 0 Å². The van der Waals surface area contributed by atoms with Crippen molar-refractivity contribution in [3.63, 3.8) is 0 Å². The highest BCUT2D eigenvalue weighted by Gasteiger charge is 2.38. The van der Waals surface area contributed by atoms with Gasteiger partial charge in [0.1, 0.15) is 0 Å². The lowest BCUT2D eigenvalue weighted by Gasteiger charge is -2.47. The third-order valence-electron chi connectivity index (χ3n) is 3.70. The van der Waals surface area contributed by atoms with Crippen LogP contribution >= 0.6 is 0 Å². The fourth-order valence-electron chi connectivity index (χ4n) is 1.57. The van der Waals surface area contributed by atoms with Crippen LogP contribution in [0, 0.1) is 5.41 Å². The molecule has 0 aromatic carbocycles. The maximum Gasteiger partial charge on any atom is 0.0213 e. The molecule has 0 aromatic rings. The molecule has 0 radical (unpaired) electrons. The predicted octanol–water partition coefficient (Wildman–Crippen LogP) is 1.96. The van der Waals surface area contributed by atoms with Crippen LogP contribution in [-0.4, -0.2) is 37.6 Å². The minimum atomic E-state index is 0.227. The summed E-state index contributed by atoms with van der Waals surface area (Å²) in [7, 11) is 4.21. The first kappa shape index (κ1) is 12.9. The summed E-state index contributed by atoms with van der Waals surface area (Å²) < 4.78 is 0. The summed E-state index contributed by atoms with van der Waals surface area (Å²) in [5.41, 5.74) is 0.511. The quantitative estimate of drug-likeness (QED) is 0.706. The number of rotatable bonds is 5. The molecule has 0 fully saturated rings. The molecule has 0 spiro atoms. The van der Waals surface area contributed by atoms with Gasteiger partial charge in [-0.2, -0.15) is 0 Å². The molecule has 0 bridgehead atoms. The number of nitrogens with one attached hydrogen (secondary N) is 1. The van der Waals surface area contributed by atoms with Gasteiger partial charge >= 0.3 is 0 Å². The maximum atomic E-state index is 3.27. The molecule has 0 atom stereocenters. The van der Waals surface area contributed by atoms with Gasteiger partial charge in [0.05, 0.1) is 0 Å². The predicted molar refractivity (Wildman–Crippen MR) is 60.1 cm³/mol. The zero-order valence-electron chi connectivity index (χ0n) is 10.4. The van der Waals surface area contributed by atoms with E-state index in [2.05, 4.69) is 51.9 Å². The Labute approximate surface area is 83.7 Å². The molecule has 0 heterocycles. The van der Waals surface area contributed by atoms with E-state index in [1.54, 1.807) is 0 Å². The summed E-state index contributed by atoms with van der Waals surface area (Å²) in [6.07, 6.45) is 0. The number of hydrogen-bond acceptors (Lipinski definition) is 2. The lowest BCUT2D eigenvalue weighted by Crippen LogP contribution is -2.55. The van der Waals surface area contributed by atoms with Gasteiger partial charge in [0, 0.05) is 12.1 Å². The van der Waals surface area contributed by atoms with E-state index in [9.17, 15) is 0 Å². The van der Waals surface area contributed by atoms with Gasteiger partial charge in [-0.25, -0.2) is 0 Å². The first-order chi connectivity index (χ1) is 5.79. The molecule has 13 heavy (non-hydrogen) atoms. The van der Waals surface area contributed by atoms with E-state index < -0.39 is 0 Å². The highest BCUT2D eigenvalue weighted by atomic mass is 15.2. The van der Waals surface area contributed by atoms with E-state index in [1.807, 2.05) is 7.05 Å². The molecule has 0 unspecified atom stereocenters. The fraction of sp³-hybridized carbons (Fsp3) is 1.00. The summed E-state index contributed by atoms with van der Waals surface area (Å²) in [5.74, 6) is 0. The molecule has 2 heteroatoms. The molecule has 2 nitrogen and oxygen atoms in total. The fourth-order valence-corrected chi connectivity index (χ4v) is 1.57. The molecular weight excluding hydrogens is 160 g/mol. The largest absolute Gasteiger partial charge is 0.319 e. The second-order valence-corrected chi connectivity index (χ2v) is 4.99. The molecule has 0 aliphatic rings. The van der Waals surface area contributed by atoms with Crippen LogP contribution in [0.3, 0.4) is 0 Å². The molecule has 0 amide bonds. The van der Waals surface area contributed by atoms with E-state index >= 15 is 0 Å². The summed E-state index contributed by atoms with van der Waals surface area (Å²) in [5, 5.41) is 3.27. The standard InChI is InChI=1S/C11H26N2/c1-8-13(7)11(4,5)10(2,3)9-12-6/h12H,8-9H2,1-7H3. The molecule has 0 rings (SSSR count). The topological polar surface area (TPSA) is 15.3 Å². The third kappa shape index (κ3) is 2.68. The Morgan fingerprint density at radius 2 is 1.62 bits per heavy atom. The lowest BCUT2D eigenvalue weighted by molar-refractivity contribution is 0.0361. The van der Waals surface area contributed by atoms with Crippen molar-refractivity contribution in [3.05, 3.63) is 0 Å². The Kier molecular flexibility index (Phi) is 4.40. The van der Waals surface area contributed by atoms with Crippen molar-refractivity contribution >= 4 is 0 Å². The summed E-state index contributed by atoms with van der Waals surface area (Å²) in [6, 6.07) is 0. The summed E-state index contributed by atoms with van der Waals surface area (Å²) in [6.45, 7) is 13.6. The lowest BCUT2D eigenvalue weighted by atomic mass is 9.73. The van der Waals surface area contributed by atoms with E-state index in [-0.39, 0.29) is 11.0 Å². The number of nitrogens with zero attached hydrogens (tertiary/aromatic N) is 1. The Balaban J connectivity index is 4.58. The monoisotopic (exact) mass is 186 g/mol. The molecule has 0 saturated heterocycles. The molecule has 0 saturated carbocycles. The second-order valence-electron chi connectivity index (χ2n) is 4.99. The van der Waals surface area contributed by atoms with Gasteiger partial charge in [-0.3, -0.25) is 0 Å². The van der Waals surface area contributed by atoms with Crippen LogP contribution in [0.2, 0.25) is 0 Å². The average molecular weight is 186 g/mol. The minimum Gasteiger partial charge on any atom is -0.319 e. The van der Waals surface area contributed by atoms with Crippen molar-refractivity contribution in [2.45, 2.75) is 40.2 Å².